The predicted molar refractivity (Wildman–Crippen MR) is 159 cm³/mol. The summed E-state index contributed by atoms with van der Waals surface area (Å²) in [5.41, 5.74) is 7.29. The zero-order chi connectivity index (χ0) is 31.9. The number of ether oxygens (including phenoxy) is 2. The molecule has 0 unspecified atom stereocenters. The second-order valence-corrected chi connectivity index (χ2v) is 14.7. The molecule has 0 atom stereocenters. The van der Waals surface area contributed by atoms with Crippen LogP contribution in [-0.2, 0) is 33.9 Å². The van der Waals surface area contributed by atoms with Gasteiger partial charge >= 0.3 is 5.91 Å². The molecule has 3 heterocycles. The van der Waals surface area contributed by atoms with Gasteiger partial charge in [0.25, 0.3) is 0 Å². The first-order valence-corrected chi connectivity index (χ1v) is 17.3. The number of nitroso groups, excluding NO2 is 1. The van der Waals surface area contributed by atoms with Crippen LogP contribution in [0.15, 0.2) is 57.8 Å². The van der Waals surface area contributed by atoms with E-state index in [-0.39, 0.29) is 60.2 Å². The second kappa shape index (κ2) is 11.8. The smallest absolute Gasteiger partial charge is 0.317 e. The summed E-state index contributed by atoms with van der Waals surface area (Å²) >= 11 is 0. The summed E-state index contributed by atoms with van der Waals surface area (Å²) in [5.74, 6) is -1.45. The van der Waals surface area contributed by atoms with Crippen molar-refractivity contribution in [2.75, 3.05) is 38.6 Å². The molecule has 44 heavy (non-hydrogen) atoms. The molecule has 1 amide bonds. The molecule has 1 fully saturated rings. The molecule has 1 aromatic carbocycles. The Kier molecular flexibility index (Phi) is 8.41. The Labute approximate surface area is 253 Å². The van der Waals surface area contributed by atoms with Crippen molar-refractivity contribution < 1.29 is 31.1 Å². The van der Waals surface area contributed by atoms with Crippen LogP contribution in [0.25, 0.3) is 22.5 Å². The lowest BCUT2D eigenvalue weighted by atomic mass is 9.76. The van der Waals surface area contributed by atoms with E-state index in [4.69, 9.17) is 20.2 Å². The summed E-state index contributed by atoms with van der Waals surface area (Å²) in [6, 6.07) is 6.23. The number of hydrogen-bond donors (Lipinski definition) is 1. The number of rotatable bonds is 10. The summed E-state index contributed by atoms with van der Waals surface area (Å²) in [5, 5.41) is 11.3. The number of benzene rings is 1. The summed E-state index contributed by atoms with van der Waals surface area (Å²) in [6.45, 7) is 0.305. The van der Waals surface area contributed by atoms with Gasteiger partial charge in [0.05, 0.1) is 41.9 Å². The number of nitrogen functional groups attached to an aromatic ring is 1. The molecule has 1 saturated carbocycles. The van der Waals surface area contributed by atoms with E-state index >= 15 is 0 Å². The van der Waals surface area contributed by atoms with Crippen LogP contribution in [0, 0.1) is 4.91 Å². The third kappa shape index (κ3) is 5.87. The fourth-order valence-electron chi connectivity index (χ4n) is 5.51. The minimum atomic E-state index is -3.86. The van der Waals surface area contributed by atoms with Crippen LogP contribution < -0.4 is 5.73 Å². The zero-order valence-corrected chi connectivity index (χ0v) is 25.8. The highest BCUT2D eigenvalue weighted by molar-refractivity contribution is 7.91. The van der Waals surface area contributed by atoms with Gasteiger partial charge in [-0.1, -0.05) is 0 Å². The number of hydrogen-bond acceptors (Lipinski definition) is 12. The molecule has 1 aliphatic carbocycles. The lowest BCUT2D eigenvalue weighted by molar-refractivity contribution is -0.151. The first kappa shape index (κ1) is 31.4. The van der Waals surface area contributed by atoms with Crippen LogP contribution in [-0.4, -0.2) is 85.6 Å². The number of methoxy groups -OCH3 is 1. The minimum Gasteiger partial charge on any atom is -0.382 e. The fraction of sp³-hybridized carbons (Fsp3) is 0.407. The highest BCUT2D eigenvalue weighted by atomic mass is 32.2. The highest BCUT2D eigenvalue weighted by Gasteiger charge is 2.45. The van der Waals surface area contributed by atoms with Gasteiger partial charge in [0, 0.05) is 48.0 Å². The van der Waals surface area contributed by atoms with E-state index in [9.17, 15) is 26.5 Å². The van der Waals surface area contributed by atoms with Crippen molar-refractivity contribution in [3.63, 3.8) is 0 Å². The summed E-state index contributed by atoms with van der Waals surface area (Å²) in [7, 11) is -5.74. The molecule has 0 bridgehead atoms. The van der Waals surface area contributed by atoms with Gasteiger partial charge in [-0.15, -0.1) is 4.91 Å². The Morgan fingerprint density at radius 1 is 1.05 bits per heavy atom. The Hall–Kier alpha value is -4.06. The third-order valence-electron chi connectivity index (χ3n) is 7.78. The first-order chi connectivity index (χ1) is 20.8. The number of sulfone groups is 2. The molecule has 0 radical (unpaired) electrons. The normalized spacial score (nSPS) is 19.3. The molecule has 1 aliphatic rings. The van der Waals surface area contributed by atoms with Crippen molar-refractivity contribution in [2.24, 2.45) is 5.18 Å². The van der Waals surface area contributed by atoms with Crippen molar-refractivity contribution in [2.45, 2.75) is 47.0 Å². The Morgan fingerprint density at radius 2 is 1.73 bits per heavy atom. The van der Waals surface area contributed by atoms with Crippen LogP contribution in [0.1, 0.15) is 37.3 Å². The summed E-state index contributed by atoms with van der Waals surface area (Å²) < 4.78 is 63.2. The van der Waals surface area contributed by atoms with Crippen molar-refractivity contribution >= 4 is 37.0 Å². The highest BCUT2D eigenvalue weighted by Crippen LogP contribution is 2.43. The van der Waals surface area contributed by atoms with Gasteiger partial charge in [-0.05, 0) is 49.9 Å². The number of carbonyl (C=O) groups is 1. The maximum Gasteiger partial charge on any atom is 0.317 e. The van der Waals surface area contributed by atoms with Gasteiger partial charge in [-0.3, -0.25) is 4.79 Å². The van der Waals surface area contributed by atoms with Gasteiger partial charge in [0.15, 0.2) is 30.9 Å². The van der Waals surface area contributed by atoms with E-state index in [1.54, 1.807) is 29.2 Å². The molecule has 4 aromatic rings. The SMILES string of the molecule is COCCO[C@]1(C(=O)N=O)CC[C@@H](c2nc3c(-c4cnn(-c5ccc(S(C)(=O)=O)cc5)c4)cnn3c(N)c2S(C)(=O)=O)CC1. The quantitative estimate of drug-likeness (QED) is 0.195. The number of carbonyl (C=O) groups excluding carboxylic acids is 1. The largest absolute Gasteiger partial charge is 0.382 e. The van der Waals surface area contributed by atoms with Crippen molar-refractivity contribution in [1.29, 1.82) is 0 Å². The van der Waals surface area contributed by atoms with Crippen LogP contribution in [0.3, 0.4) is 0 Å². The fourth-order valence-corrected chi connectivity index (χ4v) is 7.20. The molecule has 0 spiro atoms. The summed E-state index contributed by atoms with van der Waals surface area (Å²) in [6.07, 6.45) is 7.77. The lowest BCUT2D eigenvalue weighted by Crippen LogP contribution is -2.44. The molecule has 3 aromatic heterocycles. The van der Waals surface area contributed by atoms with E-state index < -0.39 is 37.1 Å². The maximum atomic E-state index is 13.0. The molecule has 0 saturated heterocycles. The topological polar surface area (TPSA) is 207 Å². The van der Waals surface area contributed by atoms with E-state index in [2.05, 4.69) is 15.4 Å². The molecular weight excluding hydrogens is 614 g/mol. The molecular formula is C27H31N7O8S2. The van der Waals surface area contributed by atoms with Crippen LogP contribution in [0.2, 0.25) is 0 Å². The van der Waals surface area contributed by atoms with Crippen molar-refractivity contribution in [1.82, 2.24) is 24.4 Å². The van der Waals surface area contributed by atoms with Gasteiger partial charge in [-0.2, -0.15) is 14.7 Å². The molecule has 0 aliphatic heterocycles. The van der Waals surface area contributed by atoms with E-state index in [1.165, 1.54) is 30.0 Å². The van der Waals surface area contributed by atoms with Gasteiger partial charge in [-0.25, -0.2) is 26.5 Å². The monoisotopic (exact) mass is 645 g/mol. The number of nitrogens with zero attached hydrogens (tertiary/aromatic N) is 6. The second-order valence-electron chi connectivity index (χ2n) is 10.7. The minimum absolute atomic E-state index is 0.0862. The average Bonchev–Trinajstić information content (AvgIpc) is 3.64. The number of anilines is 1. The number of amides is 1. The van der Waals surface area contributed by atoms with Gasteiger partial charge in [0.1, 0.15) is 10.7 Å². The molecule has 234 valence electrons. The number of fused-ring (bicyclic) bond motifs is 1. The molecule has 15 nitrogen and oxygen atoms in total. The Bertz CT molecular complexity index is 1940. The van der Waals surface area contributed by atoms with Crippen LogP contribution in [0.5, 0.6) is 0 Å². The van der Waals surface area contributed by atoms with Crippen molar-refractivity contribution in [3.8, 4) is 16.8 Å². The lowest BCUT2D eigenvalue weighted by Gasteiger charge is -2.37. The Morgan fingerprint density at radius 3 is 2.32 bits per heavy atom. The van der Waals surface area contributed by atoms with Crippen molar-refractivity contribution in [3.05, 3.63) is 53.5 Å². The third-order valence-corrected chi connectivity index (χ3v) is 10.1. The van der Waals surface area contributed by atoms with E-state index in [1.807, 2.05) is 0 Å². The molecule has 5 rings (SSSR count). The zero-order valence-electron chi connectivity index (χ0n) is 24.2. The van der Waals surface area contributed by atoms with E-state index in [0.717, 1.165) is 12.5 Å². The van der Waals surface area contributed by atoms with Gasteiger partial charge in [0.2, 0.25) is 0 Å². The summed E-state index contributed by atoms with van der Waals surface area (Å²) in [4.78, 5) is 28.5. The number of aromatic nitrogens is 5. The van der Waals surface area contributed by atoms with Crippen LogP contribution in [0.4, 0.5) is 5.82 Å². The van der Waals surface area contributed by atoms with Crippen LogP contribution >= 0.6 is 0 Å². The standard InChI is InChI=1S/C27H31N7O8S2/c1-41-12-13-42-27(26(35)32-36)10-8-17(9-11-27)22-23(44(3,39)40)24(28)34-25(31-22)21(15-30-34)18-14-29-33(16-18)19-4-6-20(7-5-19)43(2,37)38/h4-7,14-17H,8-13,28H2,1-3H3/t17-,27-. The van der Waals surface area contributed by atoms with E-state index in [0.29, 0.717) is 22.5 Å². The molecule has 17 heteroatoms. The maximum absolute atomic E-state index is 13.0. The first-order valence-electron chi connectivity index (χ1n) is 13.5. The predicted octanol–water partition coefficient (Wildman–Crippen LogP) is 2.32. The Balaban J connectivity index is 1.53. The van der Waals surface area contributed by atoms with Gasteiger partial charge < -0.3 is 15.2 Å². The average molecular weight is 646 g/mol. The molecule has 2 N–H and O–H groups in total. The number of nitrogens with two attached hydrogens (primary N) is 1.